The number of aliphatic hydroxyl groups excluding tert-OH is 2. The van der Waals surface area contributed by atoms with Crippen LogP contribution in [-0.2, 0) is 39.0 Å². The van der Waals surface area contributed by atoms with Gasteiger partial charge in [0.2, 0.25) is 0 Å². The minimum absolute atomic E-state index is 0. The number of rotatable bonds is 14. The number of carbonyl (C=O) groups is 2. The molecule has 0 spiro atoms. The Morgan fingerprint density at radius 2 is 0.445 bits per heavy atom. The first kappa shape index (κ1) is 81.5. The molecule has 17 aromatic rings. The molecule has 0 unspecified atom stereocenters. The fraction of sp³-hybridized carbons (Fsp3) is 0.0952. The number of aromatic nitrogens is 16. The summed E-state index contributed by atoms with van der Waals surface area (Å²) >= 11 is 0. The third-order valence-electron chi connectivity index (χ3n) is 17.9. The molecule has 8 aromatic heterocycles. The third kappa shape index (κ3) is 19.4. The summed E-state index contributed by atoms with van der Waals surface area (Å²) in [6.45, 7) is 12.6. The third-order valence-corrected chi connectivity index (χ3v) is 17.9. The van der Waals surface area contributed by atoms with Gasteiger partial charge >= 0.3 is 53.2 Å². The number of nitrogens with one attached hydrogen (secondary N) is 2. The van der Waals surface area contributed by atoms with Crippen molar-refractivity contribution < 1.29 is 69.0 Å². The molecule has 26 heteroatoms. The maximum Gasteiger partial charge on any atom is 2.00 e. The molecule has 17 rings (SSSR count). The van der Waals surface area contributed by atoms with Crippen LogP contribution >= 0.6 is 0 Å². The first-order chi connectivity index (χ1) is 52.7. The number of aromatic carboxylic acids is 2. The van der Waals surface area contributed by atoms with Gasteiger partial charge in [0.15, 0.2) is 0 Å². The van der Waals surface area contributed by atoms with Gasteiger partial charge in [0.1, 0.15) is 11.4 Å². The van der Waals surface area contributed by atoms with Gasteiger partial charge in [-0.1, -0.05) is 255 Å². The maximum atomic E-state index is 10.5. The van der Waals surface area contributed by atoms with E-state index in [4.69, 9.17) is 40.8 Å². The molecule has 0 saturated carbocycles. The molecule has 22 nitrogen and oxygen atoms in total. The molecule has 8 heterocycles. The van der Waals surface area contributed by atoms with Crippen LogP contribution in [0.1, 0.15) is 55.1 Å². The summed E-state index contributed by atoms with van der Waals surface area (Å²) in [7, 11) is -1.11. The number of aryl methyl sites for hydroxylation is 6. The number of hydrogen-bond donors (Lipinski definition) is 4. The molecular formula is C84H80B2N16O6Zn2. The molecule has 0 fully saturated rings. The average molecular weight is 1560 g/mol. The number of para-hydroxylation sites is 2. The SMILES string of the molecule is CO.CO.Cc1cc(-c2ccccc2)nn1[BH-](n1nc(-c2ccccc2)cc1C)n1nc(-c2ccccc2)cc1C.Cc1cc(-c2ccccc2)nn1[BH-](n1nc(-c2ccccc2)cc1C)n1nc(-c2ccccc2)cc1C.O=C([O-])c1n[nH]c2ccccc12.O=C([O-])c1n[nH]c2ccccc12.[Zn+2].[Zn+2].c1ccccc1. The zero-order chi connectivity index (χ0) is 76.1. The Bertz CT molecular complexity index is 4940. The van der Waals surface area contributed by atoms with Crippen LogP contribution < -0.4 is 10.2 Å². The number of carboxylic acid groups (broad SMARTS) is 2. The van der Waals surface area contributed by atoms with Crippen LogP contribution in [0.15, 0.2) is 303 Å². The van der Waals surface area contributed by atoms with E-state index in [0.29, 0.717) is 21.8 Å². The first-order valence-electron chi connectivity index (χ1n) is 35.0. The zero-order valence-electron chi connectivity index (χ0n) is 62.5. The van der Waals surface area contributed by atoms with Crippen molar-refractivity contribution in [2.75, 3.05) is 14.2 Å². The molecule has 0 saturated heterocycles. The molecule has 542 valence electrons. The summed E-state index contributed by atoms with van der Waals surface area (Å²) in [6, 6.07) is 101. The topological polar surface area (TPSA) is 285 Å². The van der Waals surface area contributed by atoms with E-state index in [9.17, 15) is 19.8 Å². The second-order valence-corrected chi connectivity index (χ2v) is 25.0. The van der Waals surface area contributed by atoms with Gasteiger partial charge in [-0.05, 0) is 124 Å². The molecule has 110 heavy (non-hydrogen) atoms. The summed E-state index contributed by atoms with van der Waals surface area (Å²) < 4.78 is 12.6. The Morgan fingerprint density at radius 3 is 0.627 bits per heavy atom. The van der Waals surface area contributed by atoms with E-state index >= 15 is 0 Å². The van der Waals surface area contributed by atoms with Crippen LogP contribution in [0.25, 0.3) is 89.4 Å². The van der Waals surface area contributed by atoms with Crippen molar-refractivity contribution in [3.63, 3.8) is 0 Å². The second-order valence-electron chi connectivity index (χ2n) is 25.0. The van der Waals surface area contributed by atoms with E-state index in [0.717, 1.165) is 116 Å². The van der Waals surface area contributed by atoms with E-state index in [-0.39, 0.29) is 50.3 Å². The van der Waals surface area contributed by atoms with Crippen molar-refractivity contribution in [3.8, 4) is 67.5 Å². The smallest absolute Gasteiger partial charge is 0.543 e. The molecule has 0 aliphatic carbocycles. The van der Waals surface area contributed by atoms with Gasteiger partial charge in [-0.25, -0.2) is 30.6 Å². The quantitative estimate of drug-likeness (QED) is 0.0737. The minimum Gasteiger partial charge on any atom is -0.543 e. The Labute approximate surface area is 663 Å². The number of hydrogen-bond acceptors (Lipinski definition) is 14. The normalized spacial score (nSPS) is 10.4. The number of nitrogens with zero attached hydrogens (tertiary/aromatic N) is 14. The number of benzene rings is 9. The largest absolute Gasteiger partial charge is 2.00 e. The van der Waals surface area contributed by atoms with Gasteiger partial charge in [-0.2, -0.15) is 10.2 Å². The van der Waals surface area contributed by atoms with Crippen molar-refractivity contribution in [1.29, 1.82) is 0 Å². The summed E-state index contributed by atoms with van der Waals surface area (Å²) in [5.41, 5.74) is 19.9. The first-order valence-corrected chi connectivity index (χ1v) is 35.0. The van der Waals surface area contributed by atoms with Gasteiger partial charge < -0.3 is 57.6 Å². The van der Waals surface area contributed by atoms with Gasteiger partial charge in [-0.15, -0.1) is 0 Å². The molecule has 0 radical (unpaired) electrons. The van der Waals surface area contributed by atoms with E-state index in [1.54, 1.807) is 48.5 Å². The van der Waals surface area contributed by atoms with Crippen LogP contribution in [0.2, 0.25) is 0 Å². The zero-order valence-corrected chi connectivity index (χ0v) is 68.4. The Hall–Kier alpha value is -12.6. The van der Waals surface area contributed by atoms with Crippen LogP contribution in [0, 0.1) is 41.5 Å². The fourth-order valence-electron chi connectivity index (χ4n) is 12.7. The predicted octanol–water partition coefficient (Wildman–Crippen LogP) is 12.5. The van der Waals surface area contributed by atoms with Crippen LogP contribution in [0.3, 0.4) is 0 Å². The van der Waals surface area contributed by atoms with Crippen molar-refractivity contribution in [1.82, 2.24) is 78.5 Å². The molecule has 0 atom stereocenters. The van der Waals surface area contributed by atoms with Gasteiger partial charge in [0.25, 0.3) is 0 Å². The van der Waals surface area contributed by atoms with Gasteiger partial charge in [0, 0.05) is 58.4 Å². The van der Waals surface area contributed by atoms with Crippen molar-refractivity contribution in [2.45, 2.75) is 41.5 Å². The Kier molecular flexibility index (Phi) is 29.1. The molecule has 0 aliphatic heterocycles. The maximum absolute atomic E-state index is 10.5. The molecule has 0 bridgehead atoms. The van der Waals surface area contributed by atoms with E-state index in [1.807, 2.05) is 146 Å². The summed E-state index contributed by atoms with van der Waals surface area (Å²) in [5, 5.41) is 79.2. The monoisotopic (exact) mass is 1560 g/mol. The summed E-state index contributed by atoms with van der Waals surface area (Å²) in [6.07, 6.45) is 0. The standard InChI is InChI=1S/2C30H28BN6.2C8H6N2O2.C6H6.2CH4O.2Zn/c2*1-22-19-28(25-13-7-4-8-14-25)32-35(22)31(36-23(2)20-29(33-36)26-15-9-5-10-16-26)37-24(3)21-30(34-37)27-17-11-6-12-18-27;2*11-8(12)7-5-3-1-2-4-6(5)9-10-7;1-2-4-6-5-3-1;2*1-2;;/h2*4-21,31H,1-3H3;2*1-4H,(H,9,10)(H,11,12);1-6H;2*2H,1H3;;/q2*-1;;;;;;2*+2/p-2. The number of carbonyl (C=O) groups excluding carboxylic acids is 2. The molecule has 9 aromatic carbocycles. The van der Waals surface area contributed by atoms with Crippen LogP contribution in [0.5, 0.6) is 0 Å². The summed E-state index contributed by atoms with van der Waals surface area (Å²) in [4.78, 5) is 21.0. The molecule has 4 N–H and O–H groups in total. The second kappa shape index (κ2) is 39.3. The minimum atomic E-state index is -1.55. The summed E-state index contributed by atoms with van der Waals surface area (Å²) in [5.74, 6) is -2.51. The number of H-pyrrole nitrogens is 2. The Balaban J connectivity index is 0.000000176. The van der Waals surface area contributed by atoms with Crippen molar-refractivity contribution >= 4 is 48.0 Å². The average Bonchev–Trinajstić information content (AvgIpc) is 1.61. The van der Waals surface area contributed by atoms with Crippen LogP contribution in [0.4, 0.5) is 0 Å². The number of carboxylic acids is 2. The van der Waals surface area contributed by atoms with Crippen LogP contribution in [-0.4, -0.2) is 129 Å². The van der Waals surface area contributed by atoms with E-state index < -0.39 is 26.2 Å². The predicted molar refractivity (Wildman–Crippen MR) is 425 cm³/mol. The fourth-order valence-corrected chi connectivity index (χ4v) is 12.7. The number of aliphatic hydroxyl groups is 2. The van der Waals surface area contributed by atoms with Gasteiger partial charge in [-0.3, -0.25) is 10.2 Å². The van der Waals surface area contributed by atoms with Gasteiger partial charge in [0.05, 0.1) is 57.1 Å². The van der Waals surface area contributed by atoms with E-state index in [2.05, 4.69) is 199 Å². The Morgan fingerprint density at radius 1 is 0.282 bits per heavy atom. The molecular weight excluding hydrogens is 1480 g/mol. The van der Waals surface area contributed by atoms with E-state index in [1.165, 1.54) is 0 Å². The number of aromatic amines is 2. The number of fused-ring (bicyclic) bond motifs is 2. The van der Waals surface area contributed by atoms with Crippen molar-refractivity contribution in [2.24, 2.45) is 0 Å². The molecule has 0 amide bonds. The molecule has 0 aliphatic rings. The van der Waals surface area contributed by atoms with Crippen molar-refractivity contribution in [3.05, 3.63) is 349 Å².